The van der Waals surface area contributed by atoms with Crippen LogP contribution >= 0.6 is 0 Å². The number of ether oxygens (including phenoxy) is 1. The Kier molecular flexibility index (Phi) is 5.01. The first kappa shape index (κ1) is 15.8. The molecule has 0 unspecified atom stereocenters. The van der Waals surface area contributed by atoms with E-state index in [4.69, 9.17) is 4.74 Å². The molecule has 0 radical (unpaired) electrons. The highest BCUT2D eigenvalue weighted by Crippen LogP contribution is 2.39. The lowest BCUT2D eigenvalue weighted by Crippen LogP contribution is -2.49. The van der Waals surface area contributed by atoms with Gasteiger partial charge in [-0.05, 0) is 38.0 Å². The van der Waals surface area contributed by atoms with Gasteiger partial charge in [0.05, 0.1) is 13.7 Å². The summed E-state index contributed by atoms with van der Waals surface area (Å²) in [6.07, 6.45) is 10.2. The van der Waals surface area contributed by atoms with Crippen molar-refractivity contribution in [2.75, 3.05) is 13.7 Å². The lowest BCUT2D eigenvalue weighted by atomic mass is 9.85. The smallest absolute Gasteiger partial charge is 0.323 e. The summed E-state index contributed by atoms with van der Waals surface area (Å²) in [6.45, 7) is 0.345. The Bertz CT molecular complexity index is 420. The largest absolute Gasteiger partial charge is 0.468 e. The third-order valence-corrected chi connectivity index (χ3v) is 5.74. The lowest BCUT2D eigenvalue weighted by molar-refractivity contribution is -0.146. The van der Waals surface area contributed by atoms with E-state index in [1.54, 1.807) is 0 Å². The number of methoxy groups -OCH3 is 1. The molecule has 3 fully saturated rings. The normalized spacial score (nSPS) is 32.7. The summed E-state index contributed by atoms with van der Waals surface area (Å²) in [4.78, 5) is 26.6. The monoisotopic (exact) mass is 308 g/mol. The SMILES string of the molecule is COC(=O)[C@@H]1C[C@H]2CCCC[C@@H]2N1CC(=O)NC1CCCC1. The molecule has 3 aliphatic rings. The van der Waals surface area contributed by atoms with E-state index >= 15 is 0 Å². The van der Waals surface area contributed by atoms with Crippen LogP contribution in [0.2, 0.25) is 0 Å². The van der Waals surface area contributed by atoms with Gasteiger partial charge in [0, 0.05) is 12.1 Å². The second-order valence-electron chi connectivity index (χ2n) is 7.11. The average Bonchev–Trinajstić information content (AvgIpc) is 3.15. The van der Waals surface area contributed by atoms with Gasteiger partial charge in [-0.25, -0.2) is 0 Å². The van der Waals surface area contributed by atoms with Crippen molar-refractivity contribution in [2.24, 2.45) is 5.92 Å². The van der Waals surface area contributed by atoms with Crippen molar-refractivity contribution in [3.05, 3.63) is 0 Å². The number of esters is 1. The third kappa shape index (κ3) is 3.29. The van der Waals surface area contributed by atoms with Crippen molar-refractivity contribution in [2.45, 2.75) is 75.9 Å². The zero-order valence-corrected chi connectivity index (χ0v) is 13.6. The number of amides is 1. The van der Waals surface area contributed by atoms with Crippen LogP contribution in [0.25, 0.3) is 0 Å². The molecule has 0 aromatic rings. The summed E-state index contributed by atoms with van der Waals surface area (Å²) in [5.41, 5.74) is 0. The van der Waals surface area contributed by atoms with E-state index in [2.05, 4.69) is 10.2 Å². The predicted octanol–water partition coefficient (Wildman–Crippen LogP) is 1.85. The maximum Gasteiger partial charge on any atom is 0.323 e. The quantitative estimate of drug-likeness (QED) is 0.805. The van der Waals surface area contributed by atoms with Gasteiger partial charge in [-0.1, -0.05) is 25.7 Å². The number of nitrogens with one attached hydrogen (secondary N) is 1. The molecule has 1 amide bonds. The highest BCUT2D eigenvalue weighted by Gasteiger charge is 2.46. The molecule has 3 atom stereocenters. The first-order valence-corrected chi connectivity index (χ1v) is 8.82. The van der Waals surface area contributed by atoms with Gasteiger partial charge in [0.15, 0.2) is 0 Å². The van der Waals surface area contributed by atoms with Crippen LogP contribution in [0.1, 0.15) is 57.8 Å². The van der Waals surface area contributed by atoms with Crippen molar-refractivity contribution in [3.8, 4) is 0 Å². The van der Waals surface area contributed by atoms with Crippen molar-refractivity contribution in [3.63, 3.8) is 0 Å². The summed E-state index contributed by atoms with van der Waals surface area (Å²) in [7, 11) is 1.45. The van der Waals surface area contributed by atoms with Crippen LogP contribution in [0.15, 0.2) is 0 Å². The molecule has 124 valence electrons. The molecule has 0 aromatic carbocycles. The van der Waals surface area contributed by atoms with Crippen molar-refractivity contribution >= 4 is 11.9 Å². The second-order valence-corrected chi connectivity index (χ2v) is 7.11. The Balaban J connectivity index is 1.64. The Hall–Kier alpha value is -1.10. The van der Waals surface area contributed by atoms with E-state index in [9.17, 15) is 9.59 Å². The van der Waals surface area contributed by atoms with Crippen LogP contribution in [-0.2, 0) is 14.3 Å². The number of rotatable bonds is 4. The highest BCUT2D eigenvalue weighted by atomic mass is 16.5. The zero-order chi connectivity index (χ0) is 15.5. The molecule has 5 nitrogen and oxygen atoms in total. The van der Waals surface area contributed by atoms with Crippen LogP contribution in [0.3, 0.4) is 0 Å². The molecule has 22 heavy (non-hydrogen) atoms. The lowest BCUT2D eigenvalue weighted by Gasteiger charge is -2.32. The molecule has 2 aliphatic carbocycles. The second kappa shape index (κ2) is 6.99. The van der Waals surface area contributed by atoms with Crippen LogP contribution in [0.5, 0.6) is 0 Å². The Morgan fingerprint density at radius 2 is 1.77 bits per heavy atom. The fourth-order valence-corrected chi connectivity index (χ4v) is 4.66. The van der Waals surface area contributed by atoms with Gasteiger partial charge in [0.1, 0.15) is 6.04 Å². The van der Waals surface area contributed by atoms with Crippen molar-refractivity contribution in [1.29, 1.82) is 0 Å². The van der Waals surface area contributed by atoms with E-state index in [1.165, 1.54) is 39.2 Å². The summed E-state index contributed by atoms with van der Waals surface area (Å²) in [6, 6.07) is 0.494. The highest BCUT2D eigenvalue weighted by molar-refractivity contribution is 5.81. The predicted molar refractivity (Wildman–Crippen MR) is 83.3 cm³/mol. The first-order chi connectivity index (χ1) is 10.7. The van der Waals surface area contributed by atoms with Gasteiger partial charge >= 0.3 is 5.97 Å². The summed E-state index contributed by atoms with van der Waals surface area (Å²) in [5, 5.41) is 3.15. The summed E-state index contributed by atoms with van der Waals surface area (Å²) in [5.74, 6) is 0.451. The topological polar surface area (TPSA) is 58.6 Å². The van der Waals surface area contributed by atoms with E-state index in [-0.39, 0.29) is 17.9 Å². The number of likely N-dealkylation sites (tertiary alicyclic amines) is 1. The molecular weight excluding hydrogens is 280 g/mol. The number of hydrogen-bond donors (Lipinski definition) is 1. The van der Waals surface area contributed by atoms with E-state index in [1.807, 2.05) is 0 Å². The molecule has 3 rings (SSSR count). The number of carbonyl (C=O) groups is 2. The molecule has 0 aromatic heterocycles. The number of nitrogens with zero attached hydrogens (tertiary/aromatic N) is 1. The fraction of sp³-hybridized carbons (Fsp3) is 0.882. The number of fused-ring (bicyclic) bond motifs is 1. The van der Waals surface area contributed by atoms with Crippen LogP contribution in [-0.4, -0.2) is 48.6 Å². The molecule has 1 saturated heterocycles. The van der Waals surface area contributed by atoms with Crippen molar-refractivity contribution < 1.29 is 14.3 Å². The van der Waals surface area contributed by atoms with Gasteiger partial charge < -0.3 is 10.1 Å². The van der Waals surface area contributed by atoms with E-state index in [0.717, 1.165) is 25.7 Å². The van der Waals surface area contributed by atoms with Gasteiger partial charge in [0.25, 0.3) is 0 Å². The van der Waals surface area contributed by atoms with Crippen LogP contribution < -0.4 is 5.32 Å². The standard InChI is InChI=1S/C17H28N2O3/c1-22-17(21)15-10-12-6-2-5-9-14(12)19(15)11-16(20)18-13-7-3-4-8-13/h12-15H,2-11H2,1H3,(H,18,20)/t12-,14+,15+/m1/s1. The van der Waals surface area contributed by atoms with Crippen molar-refractivity contribution in [1.82, 2.24) is 10.2 Å². The maximum absolute atomic E-state index is 12.4. The third-order valence-electron chi connectivity index (χ3n) is 5.74. The summed E-state index contributed by atoms with van der Waals surface area (Å²) < 4.78 is 4.97. The van der Waals surface area contributed by atoms with E-state index < -0.39 is 0 Å². The zero-order valence-electron chi connectivity index (χ0n) is 13.6. The van der Waals surface area contributed by atoms with Crippen LogP contribution in [0.4, 0.5) is 0 Å². The Morgan fingerprint density at radius 1 is 1.09 bits per heavy atom. The minimum absolute atomic E-state index is 0.0760. The van der Waals surface area contributed by atoms with Gasteiger partial charge in [-0.3, -0.25) is 14.5 Å². The van der Waals surface area contributed by atoms with Gasteiger partial charge in [-0.2, -0.15) is 0 Å². The number of hydrogen-bond acceptors (Lipinski definition) is 4. The van der Waals surface area contributed by atoms with Gasteiger partial charge in [-0.15, -0.1) is 0 Å². The van der Waals surface area contributed by atoms with Gasteiger partial charge in [0.2, 0.25) is 5.91 Å². The Morgan fingerprint density at radius 3 is 2.50 bits per heavy atom. The van der Waals surface area contributed by atoms with E-state index in [0.29, 0.717) is 24.5 Å². The molecule has 2 saturated carbocycles. The fourth-order valence-electron chi connectivity index (χ4n) is 4.66. The molecule has 1 aliphatic heterocycles. The Labute approximate surface area is 132 Å². The summed E-state index contributed by atoms with van der Waals surface area (Å²) >= 11 is 0. The first-order valence-electron chi connectivity index (χ1n) is 8.82. The number of carbonyl (C=O) groups excluding carboxylic acids is 2. The minimum atomic E-state index is -0.229. The van der Waals surface area contributed by atoms with Crippen LogP contribution in [0, 0.1) is 5.92 Å². The maximum atomic E-state index is 12.4. The molecular formula is C17H28N2O3. The molecule has 1 heterocycles. The molecule has 0 spiro atoms. The molecule has 5 heteroatoms. The average molecular weight is 308 g/mol. The minimum Gasteiger partial charge on any atom is -0.468 e. The molecule has 0 bridgehead atoms. The molecule has 1 N–H and O–H groups in total.